The van der Waals surface area contributed by atoms with Crippen molar-refractivity contribution in [3.63, 3.8) is 0 Å². The van der Waals surface area contributed by atoms with E-state index in [1.807, 2.05) is 59.7 Å². The van der Waals surface area contributed by atoms with Crippen LogP contribution in [0.5, 0.6) is 23.0 Å². The zero-order valence-corrected chi connectivity index (χ0v) is 30.2. The van der Waals surface area contributed by atoms with Crippen LogP contribution in [0.15, 0.2) is 48.5 Å². The predicted molar refractivity (Wildman–Crippen MR) is 197 cm³/mol. The highest BCUT2D eigenvalue weighted by Gasteiger charge is 2.25. The van der Waals surface area contributed by atoms with Gasteiger partial charge in [0.1, 0.15) is 29.6 Å². The lowest BCUT2D eigenvalue weighted by atomic mass is 9.84. The molecule has 0 heterocycles. The van der Waals surface area contributed by atoms with Gasteiger partial charge in [0.05, 0.1) is 4.92 Å². The number of fused-ring (bicyclic) bond motifs is 8. The molecular formula is C43H45NO6. The number of nitro groups is 1. The summed E-state index contributed by atoms with van der Waals surface area (Å²) in [4.78, 5) is 10.9. The predicted octanol–water partition coefficient (Wildman–Crippen LogP) is 9.43. The average molecular weight is 672 g/mol. The van der Waals surface area contributed by atoms with Gasteiger partial charge in [-0.3, -0.25) is 10.1 Å². The molecule has 3 N–H and O–H groups in total. The second-order valence-corrected chi connectivity index (χ2v) is 14.1. The molecule has 0 saturated heterocycles. The van der Waals surface area contributed by atoms with E-state index < -0.39 is 4.92 Å². The van der Waals surface area contributed by atoms with Gasteiger partial charge in [0.2, 0.25) is 0 Å². The number of phenols is 3. The molecule has 7 heteroatoms. The van der Waals surface area contributed by atoms with Crippen LogP contribution in [-0.4, -0.2) is 20.2 Å². The summed E-state index contributed by atoms with van der Waals surface area (Å²) in [7, 11) is 0. The van der Waals surface area contributed by atoms with Gasteiger partial charge >= 0.3 is 0 Å². The lowest BCUT2D eigenvalue weighted by molar-refractivity contribution is -0.384. The molecule has 5 aromatic rings. The Hall–Kier alpha value is -5.30. The van der Waals surface area contributed by atoms with Crippen LogP contribution >= 0.6 is 0 Å². The van der Waals surface area contributed by atoms with Crippen LogP contribution in [0.2, 0.25) is 0 Å². The van der Waals surface area contributed by atoms with Crippen molar-refractivity contribution in [2.75, 3.05) is 0 Å². The molecule has 0 aliphatic heterocycles. The monoisotopic (exact) mass is 671 g/mol. The SMILES string of the molecule is Cc1cc2c(O)c(c1C)Cc1cc(C)c(C)c(c1O)Cc1cc(C)c(C)c(c1OCc1ccc([N+](=O)[O-])cc1)Cc1cc(C)c(C)c(c1O)C2. The van der Waals surface area contributed by atoms with Gasteiger partial charge in [0, 0.05) is 60.1 Å². The number of rotatable bonds is 4. The van der Waals surface area contributed by atoms with Crippen LogP contribution < -0.4 is 4.74 Å². The van der Waals surface area contributed by atoms with Crippen molar-refractivity contribution in [3.05, 3.63) is 153 Å². The fourth-order valence-electron chi connectivity index (χ4n) is 7.39. The Bertz CT molecular complexity index is 2200. The number of hydrogen-bond acceptors (Lipinski definition) is 6. The van der Waals surface area contributed by atoms with Crippen LogP contribution in [-0.2, 0) is 32.3 Å². The van der Waals surface area contributed by atoms with E-state index in [1.165, 1.54) is 12.1 Å². The first-order valence-electron chi connectivity index (χ1n) is 17.1. The molecule has 5 aromatic carbocycles. The third-order valence-electron chi connectivity index (χ3n) is 11.1. The zero-order chi connectivity index (χ0) is 36.2. The number of aromatic hydroxyl groups is 3. The number of benzene rings is 5. The van der Waals surface area contributed by atoms with E-state index >= 15 is 0 Å². The van der Waals surface area contributed by atoms with Gasteiger partial charge in [0.15, 0.2) is 0 Å². The molecule has 6 rings (SSSR count). The molecule has 1 aliphatic rings. The first kappa shape index (κ1) is 34.6. The molecule has 0 amide bonds. The van der Waals surface area contributed by atoms with Gasteiger partial charge in [-0.15, -0.1) is 0 Å². The van der Waals surface area contributed by atoms with E-state index in [9.17, 15) is 25.4 Å². The summed E-state index contributed by atoms with van der Waals surface area (Å²) in [5.74, 6) is 1.28. The topological polar surface area (TPSA) is 113 Å². The highest BCUT2D eigenvalue weighted by molar-refractivity contribution is 5.62. The number of aryl methyl sites for hydroxylation is 4. The molecule has 0 unspecified atom stereocenters. The normalized spacial score (nSPS) is 12.6. The van der Waals surface area contributed by atoms with Gasteiger partial charge in [0.25, 0.3) is 5.69 Å². The second kappa shape index (κ2) is 13.2. The maximum absolute atomic E-state index is 12.0. The Morgan fingerprint density at radius 1 is 0.560 bits per heavy atom. The number of nitrogens with zero attached hydrogens (tertiary/aromatic N) is 1. The van der Waals surface area contributed by atoms with Crippen molar-refractivity contribution in [3.8, 4) is 23.0 Å². The Balaban J connectivity index is 1.62. The number of nitro benzene ring substituents is 1. The first-order valence-corrected chi connectivity index (χ1v) is 17.1. The minimum Gasteiger partial charge on any atom is -0.507 e. The number of ether oxygens (including phenoxy) is 1. The maximum atomic E-state index is 12.0. The van der Waals surface area contributed by atoms with E-state index in [4.69, 9.17) is 4.74 Å². The van der Waals surface area contributed by atoms with Crippen molar-refractivity contribution in [2.24, 2.45) is 0 Å². The first-order chi connectivity index (χ1) is 23.7. The van der Waals surface area contributed by atoms with Crippen molar-refractivity contribution in [1.29, 1.82) is 0 Å². The van der Waals surface area contributed by atoms with Crippen molar-refractivity contribution < 1.29 is 25.0 Å². The fraction of sp³-hybridized carbons (Fsp3) is 0.302. The van der Waals surface area contributed by atoms with E-state index in [0.29, 0.717) is 31.4 Å². The molecule has 0 aromatic heterocycles. The Morgan fingerprint density at radius 2 is 0.900 bits per heavy atom. The summed E-state index contributed by atoms with van der Waals surface area (Å²) in [5, 5.41) is 47.0. The fourth-order valence-corrected chi connectivity index (χ4v) is 7.39. The molecule has 8 bridgehead atoms. The average Bonchev–Trinajstić information content (AvgIpc) is 3.08. The summed E-state index contributed by atoms with van der Waals surface area (Å²) in [6, 6.07) is 14.5. The molecule has 0 fully saturated rings. The van der Waals surface area contributed by atoms with Gasteiger partial charge in [-0.2, -0.15) is 0 Å². The Morgan fingerprint density at radius 3 is 1.30 bits per heavy atom. The Labute approximate surface area is 294 Å². The molecular weight excluding hydrogens is 626 g/mol. The summed E-state index contributed by atoms with van der Waals surface area (Å²) in [5.41, 5.74) is 15.3. The zero-order valence-electron chi connectivity index (χ0n) is 30.2. The molecule has 0 radical (unpaired) electrons. The minimum absolute atomic E-state index is 0.0153. The lowest BCUT2D eigenvalue weighted by Crippen LogP contribution is -2.09. The molecule has 7 nitrogen and oxygen atoms in total. The van der Waals surface area contributed by atoms with E-state index in [-0.39, 0.29) is 29.5 Å². The van der Waals surface area contributed by atoms with E-state index in [2.05, 4.69) is 19.9 Å². The summed E-state index contributed by atoms with van der Waals surface area (Å²) in [6.45, 7) is 16.5. The van der Waals surface area contributed by atoms with Gasteiger partial charge in [-0.05, 0) is 140 Å². The molecule has 0 spiro atoms. The van der Waals surface area contributed by atoms with Crippen LogP contribution in [0, 0.1) is 65.5 Å². The highest BCUT2D eigenvalue weighted by Crippen LogP contribution is 2.43. The summed E-state index contributed by atoms with van der Waals surface area (Å²) < 4.78 is 6.70. The van der Waals surface area contributed by atoms with Gasteiger partial charge < -0.3 is 20.1 Å². The lowest BCUT2D eigenvalue weighted by Gasteiger charge is -2.24. The smallest absolute Gasteiger partial charge is 0.269 e. The molecule has 50 heavy (non-hydrogen) atoms. The number of hydrogen-bond donors (Lipinski definition) is 3. The van der Waals surface area contributed by atoms with Gasteiger partial charge in [-0.1, -0.05) is 24.3 Å². The maximum Gasteiger partial charge on any atom is 0.269 e. The van der Waals surface area contributed by atoms with Gasteiger partial charge in [-0.25, -0.2) is 0 Å². The van der Waals surface area contributed by atoms with Crippen LogP contribution in [0.3, 0.4) is 0 Å². The third-order valence-corrected chi connectivity index (χ3v) is 11.1. The number of non-ortho nitro benzene ring substituents is 1. The van der Waals surface area contributed by atoms with Crippen molar-refractivity contribution >= 4 is 5.69 Å². The van der Waals surface area contributed by atoms with Crippen LogP contribution in [0.1, 0.15) is 94.6 Å². The largest absolute Gasteiger partial charge is 0.507 e. The van der Waals surface area contributed by atoms with E-state index in [1.54, 1.807) is 12.1 Å². The second-order valence-electron chi connectivity index (χ2n) is 14.1. The highest BCUT2D eigenvalue weighted by atomic mass is 16.6. The molecule has 258 valence electrons. The summed E-state index contributed by atoms with van der Waals surface area (Å²) >= 11 is 0. The number of phenolic OH excluding ortho intramolecular Hbond substituents is 3. The molecule has 1 aliphatic carbocycles. The Kier molecular flexibility index (Phi) is 9.12. The van der Waals surface area contributed by atoms with Crippen molar-refractivity contribution in [1.82, 2.24) is 0 Å². The summed E-state index contributed by atoms with van der Waals surface area (Å²) in [6.07, 6.45) is 1.48. The minimum atomic E-state index is -0.418. The van der Waals surface area contributed by atoms with E-state index in [0.717, 1.165) is 94.6 Å². The molecule has 0 atom stereocenters. The molecule has 0 saturated carbocycles. The third kappa shape index (κ3) is 6.17. The van der Waals surface area contributed by atoms with Crippen LogP contribution in [0.25, 0.3) is 0 Å². The van der Waals surface area contributed by atoms with Crippen molar-refractivity contribution in [2.45, 2.75) is 87.7 Å². The quantitative estimate of drug-likeness (QED) is 0.127. The standard InChI is InChI=1S/C43H45NO6/c1-22-13-31-17-37-27(6)24(3)15-33(42(37)47)19-39-29(8)25(4)16-34(43(39)50-21-30-9-11-35(12-10-30)44(48)49)20-38-28(7)23(2)14-32(41(38)46)18-36(26(22)5)40(31)45/h9-16,45-47H,17-21H2,1-8H3. The van der Waals surface area contributed by atoms with Crippen LogP contribution in [0.4, 0.5) is 5.69 Å².